The van der Waals surface area contributed by atoms with Crippen LogP contribution in [0.1, 0.15) is 31.1 Å². The second kappa shape index (κ2) is 9.33. The van der Waals surface area contributed by atoms with Crippen molar-refractivity contribution in [2.24, 2.45) is 0 Å². The third-order valence-electron chi connectivity index (χ3n) is 5.39. The zero-order valence-corrected chi connectivity index (χ0v) is 19.0. The van der Waals surface area contributed by atoms with Crippen LogP contribution < -0.4 is 5.32 Å². The summed E-state index contributed by atoms with van der Waals surface area (Å²) in [5.74, 6) is -2.44. The molecule has 1 fully saturated rings. The van der Waals surface area contributed by atoms with E-state index in [1.807, 2.05) is 0 Å². The highest BCUT2D eigenvalue weighted by Gasteiger charge is 2.33. The Bertz CT molecular complexity index is 1280. The molecular formula is C22H21N3O8S. The topological polar surface area (TPSA) is 139 Å². The molecule has 0 bridgehead atoms. The maximum absolute atomic E-state index is 12.8. The smallest absolute Gasteiger partial charge is 0.338 e. The van der Waals surface area contributed by atoms with Crippen LogP contribution in [0.4, 0.5) is 5.69 Å². The lowest BCUT2D eigenvalue weighted by molar-refractivity contribution is -0.119. The van der Waals surface area contributed by atoms with Gasteiger partial charge in [-0.25, -0.2) is 13.2 Å². The van der Waals surface area contributed by atoms with Gasteiger partial charge in [0.05, 0.1) is 34.8 Å². The number of nitrogens with zero attached hydrogens (tertiary/aromatic N) is 2. The van der Waals surface area contributed by atoms with Crippen LogP contribution >= 0.6 is 0 Å². The minimum absolute atomic E-state index is 0.0215. The van der Waals surface area contributed by atoms with E-state index < -0.39 is 40.3 Å². The number of imide groups is 1. The van der Waals surface area contributed by atoms with E-state index >= 15 is 0 Å². The molecule has 0 unspecified atom stereocenters. The Labute approximate surface area is 195 Å². The van der Waals surface area contributed by atoms with E-state index in [2.05, 4.69) is 5.32 Å². The van der Waals surface area contributed by atoms with Crippen molar-refractivity contribution >= 4 is 39.4 Å². The van der Waals surface area contributed by atoms with Gasteiger partial charge in [0.15, 0.2) is 6.61 Å². The second-order valence-corrected chi connectivity index (χ2v) is 9.54. The van der Waals surface area contributed by atoms with Crippen molar-refractivity contribution in [3.63, 3.8) is 0 Å². The lowest BCUT2D eigenvalue weighted by atomic mass is 10.1. The summed E-state index contributed by atoms with van der Waals surface area (Å²) in [5, 5.41) is 2.49. The Morgan fingerprint density at radius 1 is 1.03 bits per heavy atom. The molecule has 3 amide bonds. The molecule has 34 heavy (non-hydrogen) atoms. The molecule has 0 saturated carbocycles. The number of rotatable bonds is 6. The van der Waals surface area contributed by atoms with Gasteiger partial charge in [0.2, 0.25) is 10.0 Å². The van der Waals surface area contributed by atoms with Crippen LogP contribution in [0.25, 0.3) is 0 Å². The number of benzene rings is 2. The highest BCUT2D eigenvalue weighted by molar-refractivity contribution is 7.89. The summed E-state index contributed by atoms with van der Waals surface area (Å²) in [6.07, 6.45) is 0. The maximum atomic E-state index is 12.8. The zero-order chi connectivity index (χ0) is 24.5. The molecule has 0 radical (unpaired) electrons. The molecule has 2 aliphatic rings. The predicted molar refractivity (Wildman–Crippen MR) is 118 cm³/mol. The second-order valence-electron chi connectivity index (χ2n) is 7.60. The first-order valence-corrected chi connectivity index (χ1v) is 11.7. The fourth-order valence-electron chi connectivity index (χ4n) is 3.57. The summed E-state index contributed by atoms with van der Waals surface area (Å²) >= 11 is 0. The Kier molecular flexibility index (Phi) is 6.46. The van der Waals surface area contributed by atoms with Gasteiger partial charge in [0, 0.05) is 25.8 Å². The number of esters is 1. The van der Waals surface area contributed by atoms with E-state index in [0.29, 0.717) is 13.2 Å². The largest absolute Gasteiger partial charge is 0.452 e. The van der Waals surface area contributed by atoms with Crippen molar-refractivity contribution < 1.29 is 37.1 Å². The van der Waals surface area contributed by atoms with Gasteiger partial charge in [-0.05, 0) is 36.4 Å². The average molecular weight is 487 g/mol. The Morgan fingerprint density at radius 3 is 2.47 bits per heavy atom. The van der Waals surface area contributed by atoms with Crippen LogP contribution in [0, 0.1) is 0 Å². The van der Waals surface area contributed by atoms with E-state index in [4.69, 9.17) is 9.47 Å². The molecule has 0 spiro atoms. The van der Waals surface area contributed by atoms with Crippen LogP contribution in [-0.2, 0) is 24.3 Å². The van der Waals surface area contributed by atoms with Gasteiger partial charge in [-0.1, -0.05) is 6.07 Å². The number of carbonyl (C=O) groups is 4. The molecule has 0 atom stereocenters. The van der Waals surface area contributed by atoms with Crippen molar-refractivity contribution in [1.82, 2.24) is 9.21 Å². The Hall–Kier alpha value is -3.61. The lowest BCUT2D eigenvalue weighted by Gasteiger charge is -2.26. The molecule has 11 nitrogen and oxygen atoms in total. The van der Waals surface area contributed by atoms with Gasteiger partial charge in [-0.15, -0.1) is 0 Å². The molecule has 2 aromatic rings. The quantitative estimate of drug-likeness (QED) is 0.465. The SMILES string of the molecule is CN1C(=O)c2ccc(NC(=O)COC(=O)c3cccc(S(=O)(=O)N4CCOCC4)c3)cc2C1=O. The molecule has 2 heterocycles. The minimum atomic E-state index is -3.80. The van der Waals surface area contributed by atoms with Gasteiger partial charge in [0.25, 0.3) is 17.7 Å². The van der Waals surface area contributed by atoms with Gasteiger partial charge in [0.1, 0.15) is 0 Å². The third-order valence-corrected chi connectivity index (χ3v) is 7.28. The number of ether oxygens (including phenoxy) is 2. The predicted octanol–water partition coefficient (Wildman–Crippen LogP) is 0.729. The first kappa shape index (κ1) is 23.5. The van der Waals surface area contributed by atoms with E-state index in [-0.39, 0.29) is 40.4 Å². The molecule has 178 valence electrons. The first-order chi connectivity index (χ1) is 16.2. The molecule has 0 aliphatic carbocycles. The van der Waals surface area contributed by atoms with Crippen molar-refractivity contribution in [2.75, 3.05) is 45.3 Å². The lowest BCUT2D eigenvalue weighted by Crippen LogP contribution is -2.40. The number of hydrogen-bond donors (Lipinski definition) is 1. The summed E-state index contributed by atoms with van der Waals surface area (Å²) in [6.45, 7) is 0.387. The third kappa shape index (κ3) is 4.55. The number of amides is 3. The van der Waals surface area contributed by atoms with Crippen LogP contribution in [0.5, 0.6) is 0 Å². The molecule has 1 saturated heterocycles. The molecular weight excluding hydrogens is 466 g/mol. The first-order valence-electron chi connectivity index (χ1n) is 10.3. The van der Waals surface area contributed by atoms with E-state index in [9.17, 15) is 27.6 Å². The van der Waals surface area contributed by atoms with Gasteiger partial charge < -0.3 is 14.8 Å². The molecule has 0 aromatic heterocycles. The van der Waals surface area contributed by atoms with Crippen molar-refractivity contribution in [2.45, 2.75) is 4.90 Å². The Morgan fingerprint density at radius 2 is 1.74 bits per heavy atom. The number of sulfonamides is 1. The average Bonchev–Trinajstić information content (AvgIpc) is 3.06. The number of hydrogen-bond acceptors (Lipinski definition) is 8. The van der Waals surface area contributed by atoms with E-state index in [1.165, 1.54) is 53.8 Å². The van der Waals surface area contributed by atoms with Gasteiger partial charge in [-0.2, -0.15) is 4.31 Å². The minimum Gasteiger partial charge on any atom is -0.452 e. The summed E-state index contributed by atoms with van der Waals surface area (Å²) in [5.41, 5.74) is 0.645. The van der Waals surface area contributed by atoms with Gasteiger partial charge in [-0.3, -0.25) is 19.3 Å². The fourth-order valence-corrected chi connectivity index (χ4v) is 5.02. The van der Waals surface area contributed by atoms with E-state index in [1.54, 1.807) is 0 Å². The van der Waals surface area contributed by atoms with Crippen molar-refractivity contribution in [3.8, 4) is 0 Å². The standard InChI is InChI=1S/C22H21N3O8S/c1-24-20(27)17-6-5-15(12-18(17)21(24)28)23-19(26)13-33-22(29)14-3-2-4-16(11-14)34(30,31)25-7-9-32-10-8-25/h2-6,11-12H,7-10,13H2,1H3,(H,23,26). The molecule has 4 rings (SSSR count). The molecule has 2 aromatic carbocycles. The highest BCUT2D eigenvalue weighted by Crippen LogP contribution is 2.25. The summed E-state index contributed by atoms with van der Waals surface area (Å²) in [7, 11) is -2.43. The number of fused-ring (bicyclic) bond motifs is 1. The van der Waals surface area contributed by atoms with Crippen LogP contribution in [0.3, 0.4) is 0 Å². The number of morpholine rings is 1. The molecule has 2 aliphatic heterocycles. The zero-order valence-electron chi connectivity index (χ0n) is 18.1. The summed E-state index contributed by atoms with van der Waals surface area (Å²) < 4.78 is 37.0. The highest BCUT2D eigenvalue weighted by atomic mass is 32.2. The molecule has 12 heteroatoms. The van der Waals surface area contributed by atoms with Gasteiger partial charge >= 0.3 is 5.97 Å². The number of nitrogens with one attached hydrogen (secondary N) is 1. The molecule has 1 N–H and O–H groups in total. The van der Waals surface area contributed by atoms with Crippen molar-refractivity contribution in [1.29, 1.82) is 0 Å². The van der Waals surface area contributed by atoms with Crippen molar-refractivity contribution in [3.05, 3.63) is 59.2 Å². The van der Waals surface area contributed by atoms with Crippen LogP contribution in [0.2, 0.25) is 0 Å². The number of anilines is 1. The van der Waals surface area contributed by atoms with E-state index in [0.717, 1.165) is 4.90 Å². The van der Waals surface area contributed by atoms with Crippen LogP contribution in [0.15, 0.2) is 47.4 Å². The summed E-state index contributed by atoms with van der Waals surface area (Å²) in [4.78, 5) is 49.6. The number of carbonyl (C=O) groups excluding carboxylic acids is 4. The monoisotopic (exact) mass is 487 g/mol. The van der Waals surface area contributed by atoms with Crippen LogP contribution in [-0.4, -0.2) is 81.3 Å². The maximum Gasteiger partial charge on any atom is 0.338 e. The Balaban J connectivity index is 1.38. The fraction of sp³-hybridized carbons (Fsp3) is 0.273. The summed E-state index contributed by atoms with van der Waals surface area (Å²) in [6, 6.07) is 9.65. The normalized spacial score (nSPS) is 16.3.